The number of ether oxygens (including phenoxy) is 1. The van der Waals surface area contributed by atoms with Crippen LogP contribution in [0.4, 0.5) is 0 Å². The number of hydrogen-bond acceptors (Lipinski definition) is 2. The molecule has 0 saturated carbocycles. The number of nitrogens with zero attached hydrogens (tertiary/aromatic N) is 1. The van der Waals surface area contributed by atoms with Crippen molar-refractivity contribution in [3.8, 4) is 5.75 Å². The SMILES string of the molecule is C1=C(CCc2ccc3c(c2)CCO3)CC2CCC1N2Cc1ccccc1. The summed E-state index contributed by atoms with van der Waals surface area (Å²) < 4.78 is 5.63. The van der Waals surface area contributed by atoms with Gasteiger partial charge in [0.05, 0.1) is 6.61 Å². The minimum Gasteiger partial charge on any atom is -0.493 e. The molecule has 2 heteroatoms. The topological polar surface area (TPSA) is 12.5 Å². The lowest BCUT2D eigenvalue weighted by Gasteiger charge is -2.34. The number of rotatable bonds is 5. The van der Waals surface area contributed by atoms with E-state index in [9.17, 15) is 0 Å². The fraction of sp³-hybridized carbons (Fsp3) is 0.417. The van der Waals surface area contributed by atoms with Crippen LogP contribution >= 0.6 is 0 Å². The Morgan fingerprint density at radius 2 is 1.88 bits per heavy atom. The second kappa shape index (κ2) is 6.92. The van der Waals surface area contributed by atoms with Gasteiger partial charge in [-0.15, -0.1) is 0 Å². The lowest BCUT2D eigenvalue weighted by Crippen LogP contribution is -2.38. The molecule has 3 heterocycles. The molecule has 26 heavy (non-hydrogen) atoms. The number of aryl methyl sites for hydroxylation is 1. The Kier molecular flexibility index (Phi) is 4.30. The summed E-state index contributed by atoms with van der Waals surface area (Å²) in [7, 11) is 0. The standard InChI is InChI=1S/C24H27NO/c1-2-4-19(5-3-1)17-25-22-9-10-23(25)16-20(15-22)7-6-18-8-11-24-21(14-18)12-13-26-24/h1-5,8,11,14-15,22-23H,6-7,9-10,12-13,16-17H2. The molecule has 0 amide bonds. The van der Waals surface area contributed by atoms with Gasteiger partial charge in [0.25, 0.3) is 0 Å². The molecule has 2 aromatic rings. The van der Waals surface area contributed by atoms with E-state index in [1.165, 1.54) is 42.4 Å². The monoisotopic (exact) mass is 345 g/mol. The van der Waals surface area contributed by atoms with Crippen LogP contribution in [0.2, 0.25) is 0 Å². The lowest BCUT2D eigenvalue weighted by molar-refractivity contribution is 0.194. The van der Waals surface area contributed by atoms with Gasteiger partial charge in [-0.3, -0.25) is 4.90 Å². The zero-order valence-electron chi connectivity index (χ0n) is 15.4. The Balaban J connectivity index is 1.23. The molecule has 3 aliphatic rings. The van der Waals surface area contributed by atoms with E-state index >= 15 is 0 Å². The number of hydrogen-bond donors (Lipinski definition) is 0. The predicted molar refractivity (Wildman–Crippen MR) is 105 cm³/mol. The van der Waals surface area contributed by atoms with Crippen molar-refractivity contribution in [2.75, 3.05) is 6.61 Å². The van der Waals surface area contributed by atoms with Gasteiger partial charge in [-0.2, -0.15) is 0 Å². The van der Waals surface area contributed by atoms with E-state index in [1.807, 2.05) is 0 Å². The molecule has 0 radical (unpaired) electrons. The molecule has 2 aromatic carbocycles. The highest BCUT2D eigenvalue weighted by Crippen LogP contribution is 2.37. The van der Waals surface area contributed by atoms with Crippen LogP contribution in [0.25, 0.3) is 0 Å². The van der Waals surface area contributed by atoms with Crippen molar-refractivity contribution >= 4 is 0 Å². The summed E-state index contributed by atoms with van der Waals surface area (Å²) in [6.45, 7) is 1.95. The van der Waals surface area contributed by atoms with Crippen LogP contribution in [0.15, 0.2) is 60.2 Å². The Labute approximate surface area is 156 Å². The first-order chi connectivity index (χ1) is 12.8. The molecule has 0 aromatic heterocycles. The van der Waals surface area contributed by atoms with Gasteiger partial charge in [-0.05, 0) is 54.9 Å². The van der Waals surface area contributed by atoms with Crippen molar-refractivity contribution in [1.29, 1.82) is 0 Å². The smallest absolute Gasteiger partial charge is 0.122 e. The lowest BCUT2D eigenvalue weighted by atomic mass is 9.94. The maximum atomic E-state index is 5.63. The van der Waals surface area contributed by atoms with Crippen LogP contribution in [0.1, 0.15) is 42.4 Å². The van der Waals surface area contributed by atoms with E-state index in [1.54, 1.807) is 5.57 Å². The Morgan fingerprint density at radius 1 is 0.962 bits per heavy atom. The van der Waals surface area contributed by atoms with Crippen molar-refractivity contribution in [2.24, 2.45) is 0 Å². The normalized spacial score (nSPS) is 24.2. The van der Waals surface area contributed by atoms with Gasteiger partial charge in [0.15, 0.2) is 0 Å². The Bertz CT molecular complexity index is 810. The predicted octanol–water partition coefficient (Wildman–Crippen LogP) is 4.92. The van der Waals surface area contributed by atoms with Crippen LogP contribution in [-0.4, -0.2) is 23.6 Å². The van der Waals surface area contributed by atoms with Gasteiger partial charge in [0, 0.05) is 25.0 Å². The molecule has 0 spiro atoms. The highest BCUT2D eigenvalue weighted by Gasteiger charge is 2.35. The molecule has 3 aliphatic heterocycles. The highest BCUT2D eigenvalue weighted by atomic mass is 16.5. The first-order valence-electron chi connectivity index (χ1n) is 10.1. The molecule has 2 unspecified atom stereocenters. The number of benzene rings is 2. The quantitative estimate of drug-likeness (QED) is 0.713. The molecule has 2 nitrogen and oxygen atoms in total. The third-order valence-electron chi connectivity index (χ3n) is 6.31. The molecule has 1 fully saturated rings. The van der Waals surface area contributed by atoms with Crippen molar-refractivity contribution in [2.45, 2.75) is 57.2 Å². The number of fused-ring (bicyclic) bond motifs is 3. The van der Waals surface area contributed by atoms with Gasteiger partial charge in [0.1, 0.15) is 5.75 Å². The zero-order chi connectivity index (χ0) is 17.3. The molecular weight excluding hydrogens is 318 g/mol. The summed E-state index contributed by atoms with van der Waals surface area (Å²) in [6, 6.07) is 19.1. The van der Waals surface area contributed by atoms with Gasteiger partial charge in [0.2, 0.25) is 0 Å². The largest absolute Gasteiger partial charge is 0.493 e. The fourth-order valence-corrected chi connectivity index (χ4v) is 4.93. The van der Waals surface area contributed by atoms with E-state index in [2.05, 4.69) is 59.5 Å². The van der Waals surface area contributed by atoms with Crippen molar-refractivity contribution in [1.82, 2.24) is 4.90 Å². The summed E-state index contributed by atoms with van der Waals surface area (Å²) >= 11 is 0. The maximum absolute atomic E-state index is 5.63. The molecule has 0 N–H and O–H groups in total. The Morgan fingerprint density at radius 3 is 2.77 bits per heavy atom. The molecule has 134 valence electrons. The van der Waals surface area contributed by atoms with Gasteiger partial charge >= 0.3 is 0 Å². The zero-order valence-corrected chi connectivity index (χ0v) is 15.4. The van der Waals surface area contributed by atoms with Crippen molar-refractivity contribution in [3.63, 3.8) is 0 Å². The minimum atomic E-state index is 0.650. The first kappa shape index (κ1) is 16.1. The van der Waals surface area contributed by atoms with Crippen LogP contribution < -0.4 is 4.74 Å². The summed E-state index contributed by atoms with van der Waals surface area (Å²) in [5, 5.41) is 0. The van der Waals surface area contributed by atoms with Crippen molar-refractivity contribution < 1.29 is 4.74 Å². The van der Waals surface area contributed by atoms with Crippen LogP contribution in [0, 0.1) is 0 Å². The molecule has 5 rings (SSSR count). The van der Waals surface area contributed by atoms with E-state index in [0.717, 1.165) is 37.8 Å². The third-order valence-corrected chi connectivity index (χ3v) is 6.31. The molecule has 0 aliphatic carbocycles. The third kappa shape index (κ3) is 3.19. The maximum Gasteiger partial charge on any atom is 0.122 e. The second-order valence-corrected chi connectivity index (χ2v) is 8.03. The van der Waals surface area contributed by atoms with Crippen LogP contribution in [-0.2, 0) is 19.4 Å². The summed E-state index contributed by atoms with van der Waals surface area (Å²) in [5.41, 5.74) is 5.99. The summed E-state index contributed by atoms with van der Waals surface area (Å²) in [6.07, 6.45) is 9.98. The fourth-order valence-electron chi connectivity index (χ4n) is 4.93. The van der Waals surface area contributed by atoms with Gasteiger partial charge in [-0.25, -0.2) is 0 Å². The van der Waals surface area contributed by atoms with Crippen LogP contribution in [0.3, 0.4) is 0 Å². The average molecular weight is 345 g/mol. The molecule has 2 bridgehead atoms. The van der Waals surface area contributed by atoms with E-state index in [-0.39, 0.29) is 0 Å². The van der Waals surface area contributed by atoms with Gasteiger partial charge in [-0.1, -0.05) is 54.1 Å². The molecule has 2 atom stereocenters. The van der Waals surface area contributed by atoms with E-state index in [0.29, 0.717) is 6.04 Å². The first-order valence-corrected chi connectivity index (χ1v) is 10.1. The van der Waals surface area contributed by atoms with E-state index < -0.39 is 0 Å². The highest BCUT2D eigenvalue weighted by molar-refractivity contribution is 5.40. The molecular formula is C24H27NO. The van der Waals surface area contributed by atoms with Gasteiger partial charge < -0.3 is 4.74 Å². The molecule has 1 saturated heterocycles. The average Bonchev–Trinajstić information content (AvgIpc) is 3.22. The minimum absolute atomic E-state index is 0.650. The summed E-state index contributed by atoms with van der Waals surface area (Å²) in [4.78, 5) is 2.73. The van der Waals surface area contributed by atoms with Crippen molar-refractivity contribution in [3.05, 3.63) is 76.9 Å². The van der Waals surface area contributed by atoms with E-state index in [4.69, 9.17) is 4.74 Å². The summed E-state index contributed by atoms with van der Waals surface area (Å²) in [5.74, 6) is 1.10. The van der Waals surface area contributed by atoms with Crippen LogP contribution in [0.5, 0.6) is 5.75 Å². The second-order valence-electron chi connectivity index (χ2n) is 8.03. The Hall–Kier alpha value is -2.06.